The van der Waals surface area contributed by atoms with Crippen LogP contribution in [0.15, 0.2) is 30.3 Å². The fraction of sp³-hybridized carbons (Fsp3) is 0.741. The number of rotatable bonds is 5. The van der Waals surface area contributed by atoms with Crippen molar-refractivity contribution in [1.29, 1.82) is 0 Å². The summed E-state index contributed by atoms with van der Waals surface area (Å²) in [5.74, 6) is 1.03. The third-order valence-electron chi connectivity index (χ3n) is 9.54. The van der Waals surface area contributed by atoms with E-state index >= 15 is 0 Å². The third-order valence-corrected chi connectivity index (χ3v) is 9.54. The summed E-state index contributed by atoms with van der Waals surface area (Å²) < 4.78 is 12.0. The van der Waals surface area contributed by atoms with Gasteiger partial charge in [-0.15, -0.1) is 0 Å². The number of hydrogen-bond donors (Lipinski definition) is 1. The maximum atomic E-state index is 12.9. The molecule has 2 aliphatic carbocycles. The van der Waals surface area contributed by atoms with Crippen LogP contribution in [0.1, 0.15) is 57.4 Å². The Labute approximate surface area is 192 Å². The van der Waals surface area contributed by atoms with Gasteiger partial charge in [0.15, 0.2) is 0 Å². The fourth-order valence-electron chi connectivity index (χ4n) is 7.62. The quantitative estimate of drug-likeness (QED) is 0.560. The lowest BCUT2D eigenvalue weighted by Gasteiger charge is -2.51. The van der Waals surface area contributed by atoms with E-state index in [0.29, 0.717) is 17.9 Å². The zero-order chi connectivity index (χ0) is 21.8. The summed E-state index contributed by atoms with van der Waals surface area (Å²) in [6.45, 7) is 7.42. The van der Waals surface area contributed by atoms with Crippen molar-refractivity contribution in [1.82, 2.24) is 10.2 Å². The molecule has 174 valence electrons. The average Bonchev–Trinajstić information content (AvgIpc) is 3.49. The fourth-order valence-corrected chi connectivity index (χ4v) is 7.62. The second-order valence-corrected chi connectivity index (χ2v) is 11.5. The Morgan fingerprint density at radius 2 is 1.94 bits per heavy atom. The second-order valence-electron chi connectivity index (χ2n) is 11.5. The van der Waals surface area contributed by atoms with E-state index in [1.165, 1.54) is 24.8 Å². The summed E-state index contributed by atoms with van der Waals surface area (Å²) in [5.41, 5.74) is 1.81. The standard InChI is InChI=1S/C27H38N2O3/c1-26-10-5-11-27(18-31-27)24(26)14-21-22(25(30)32-23(21)15-26)16-28-20-8-12-29(13-9-20)17-19-6-3-2-4-7-19/h2-4,6-7,20-24,28H,5,8-18H2,1H3/t21-,22+,23-,24-,26-,27+/m1/s1. The highest BCUT2D eigenvalue weighted by Crippen LogP contribution is 2.62. The van der Waals surface area contributed by atoms with Gasteiger partial charge in [-0.2, -0.15) is 0 Å². The van der Waals surface area contributed by atoms with E-state index in [2.05, 4.69) is 47.5 Å². The van der Waals surface area contributed by atoms with Crippen molar-refractivity contribution < 1.29 is 14.3 Å². The van der Waals surface area contributed by atoms with E-state index in [4.69, 9.17) is 9.47 Å². The maximum Gasteiger partial charge on any atom is 0.310 e. The summed E-state index contributed by atoms with van der Waals surface area (Å²) >= 11 is 0. The number of esters is 1. The molecule has 3 saturated heterocycles. The Hall–Kier alpha value is -1.43. The van der Waals surface area contributed by atoms with E-state index in [0.717, 1.165) is 58.5 Å². The van der Waals surface area contributed by atoms with E-state index in [-0.39, 0.29) is 29.0 Å². The molecule has 1 aromatic carbocycles. The number of carbonyl (C=O) groups excluding carboxylic acids is 1. The molecule has 5 aliphatic rings. The molecular formula is C27H38N2O3. The van der Waals surface area contributed by atoms with Gasteiger partial charge in [0.25, 0.3) is 0 Å². The number of hydrogen-bond acceptors (Lipinski definition) is 5. The van der Waals surface area contributed by atoms with Crippen LogP contribution in [0, 0.1) is 23.2 Å². The number of nitrogens with one attached hydrogen (secondary N) is 1. The normalized spacial score (nSPS) is 41.8. The second kappa shape index (κ2) is 8.11. The van der Waals surface area contributed by atoms with Crippen LogP contribution in [0.3, 0.4) is 0 Å². The van der Waals surface area contributed by atoms with Crippen LogP contribution < -0.4 is 5.32 Å². The Balaban J connectivity index is 1.04. The summed E-state index contributed by atoms with van der Waals surface area (Å²) in [5, 5.41) is 3.77. The smallest absolute Gasteiger partial charge is 0.310 e. The first-order valence-electron chi connectivity index (χ1n) is 12.9. The SMILES string of the molecule is C[C@]12CCC[C@]3(CO3)[C@@H]1C[C@@H]1[C@H](CNC3CCN(Cc4ccccc4)CC3)C(=O)O[C@@H]1C2. The van der Waals surface area contributed by atoms with Gasteiger partial charge in [-0.25, -0.2) is 0 Å². The van der Waals surface area contributed by atoms with Gasteiger partial charge in [-0.05, 0) is 74.9 Å². The highest BCUT2D eigenvalue weighted by Gasteiger charge is 2.65. The van der Waals surface area contributed by atoms with E-state index in [9.17, 15) is 4.79 Å². The van der Waals surface area contributed by atoms with Crippen LogP contribution in [-0.4, -0.2) is 54.9 Å². The van der Waals surface area contributed by atoms with Crippen molar-refractivity contribution in [3.63, 3.8) is 0 Å². The van der Waals surface area contributed by atoms with Gasteiger partial charge in [0.05, 0.1) is 18.1 Å². The molecule has 2 saturated carbocycles. The highest BCUT2D eigenvalue weighted by atomic mass is 16.6. The summed E-state index contributed by atoms with van der Waals surface area (Å²) in [6, 6.07) is 11.3. The lowest BCUT2D eigenvalue weighted by molar-refractivity contribution is -0.147. The molecule has 1 aromatic rings. The van der Waals surface area contributed by atoms with Gasteiger partial charge in [-0.3, -0.25) is 9.69 Å². The van der Waals surface area contributed by atoms with Crippen LogP contribution in [-0.2, 0) is 20.8 Å². The van der Waals surface area contributed by atoms with Gasteiger partial charge >= 0.3 is 5.97 Å². The molecule has 0 aromatic heterocycles. The zero-order valence-corrected chi connectivity index (χ0v) is 19.4. The molecule has 3 aliphatic heterocycles. The highest BCUT2D eigenvalue weighted by molar-refractivity contribution is 5.75. The number of carbonyl (C=O) groups is 1. The number of piperidine rings is 1. The van der Waals surface area contributed by atoms with Crippen LogP contribution in [0.25, 0.3) is 0 Å². The number of epoxide rings is 1. The Morgan fingerprint density at radius 1 is 1.16 bits per heavy atom. The van der Waals surface area contributed by atoms with E-state index in [1.807, 2.05) is 0 Å². The van der Waals surface area contributed by atoms with Gasteiger partial charge < -0.3 is 14.8 Å². The monoisotopic (exact) mass is 438 g/mol. The number of fused-ring (bicyclic) bond motifs is 3. The Bertz CT molecular complexity index is 833. The van der Waals surface area contributed by atoms with Crippen molar-refractivity contribution >= 4 is 5.97 Å². The van der Waals surface area contributed by atoms with Crippen LogP contribution in [0.4, 0.5) is 0 Å². The molecule has 32 heavy (non-hydrogen) atoms. The van der Waals surface area contributed by atoms with Crippen LogP contribution in [0.5, 0.6) is 0 Å². The van der Waals surface area contributed by atoms with Crippen molar-refractivity contribution in [3.8, 4) is 0 Å². The molecule has 1 spiro atoms. The molecular weight excluding hydrogens is 400 g/mol. The molecule has 0 amide bonds. The van der Waals surface area contributed by atoms with Crippen molar-refractivity contribution in [2.75, 3.05) is 26.2 Å². The van der Waals surface area contributed by atoms with Crippen molar-refractivity contribution in [2.24, 2.45) is 23.2 Å². The van der Waals surface area contributed by atoms with Gasteiger partial charge in [-0.1, -0.05) is 37.3 Å². The minimum absolute atomic E-state index is 0.0182. The minimum Gasteiger partial charge on any atom is -0.462 e. The summed E-state index contributed by atoms with van der Waals surface area (Å²) in [7, 11) is 0. The average molecular weight is 439 g/mol. The van der Waals surface area contributed by atoms with Crippen LogP contribution >= 0.6 is 0 Å². The summed E-state index contributed by atoms with van der Waals surface area (Å²) in [4.78, 5) is 15.4. The first kappa shape index (κ1) is 21.1. The van der Waals surface area contributed by atoms with Crippen LogP contribution in [0.2, 0.25) is 0 Å². The first-order valence-corrected chi connectivity index (χ1v) is 12.9. The molecule has 6 rings (SSSR count). The molecule has 5 heteroatoms. The maximum absolute atomic E-state index is 12.9. The van der Waals surface area contributed by atoms with Crippen molar-refractivity contribution in [3.05, 3.63) is 35.9 Å². The van der Waals surface area contributed by atoms with E-state index < -0.39 is 0 Å². The molecule has 3 heterocycles. The number of ether oxygens (including phenoxy) is 2. The van der Waals surface area contributed by atoms with Gasteiger partial charge in [0.2, 0.25) is 0 Å². The number of benzene rings is 1. The lowest BCUT2D eigenvalue weighted by atomic mass is 9.53. The zero-order valence-electron chi connectivity index (χ0n) is 19.4. The lowest BCUT2D eigenvalue weighted by Crippen LogP contribution is -2.51. The largest absolute Gasteiger partial charge is 0.462 e. The number of likely N-dealkylation sites (tertiary alicyclic amines) is 1. The van der Waals surface area contributed by atoms with Crippen molar-refractivity contribution in [2.45, 2.75) is 76.2 Å². The predicted octanol–water partition coefficient (Wildman–Crippen LogP) is 3.77. The molecule has 5 nitrogen and oxygen atoms in total. The van der Waals surface area contributed by atoms with E-state index in [1.54, 1.807) is 0 Å². The molecule has 1 N–H and O–H groups in total. The van der Waals surface area contributed by atoms with Gasteiger partial charge in [0.1, 0.15) is 6.10 Å². The molecule has 0 bridgehead atoms. The molecule has 6 atom stereocenters. The molecule has 0 unspecified atom stereocenters. The topological polar surface area (TPSA) is 54.1 Å². The predicted molar refractivity (Wildman–Crippen MR) is 123 cm³/mol. The summed E-state index contributed by atoms with van der Waals surface area (Å²) in [6.07, 6.45) is 8.30. The third kappa shape index (κ3) is 3.80. The van der Waals surface area contributed by atoms with Gasteiger partial charge in [0, 0.05) is 25.0 Å². The Kier molecular flexibility index (Phi) is 5.35. The Morgan fingerprint density at radius 3 is 2.69 bits per heavy atom. The first-order chi connectivity index (χ1) is 15.5. The minimum atomic E-state index is 0.0182. The molecule has 0 radical (unpaired) electrons. The number of nitrogens with zero attached hydrogens (tertiary/aromatic N) is 1. The molecule has 5 fully saturated rings.